The average Bonchev–Trinajstić information content (AvgIpc) is 2.96. The third-order valence-corrected chi connectivity index (χ3v) is 4.95. The van der Waals surface area contributed by atoms with Crippen LogP contribution < -0.4 is 0 Å². The minimum Gasteiger partial charge on any atom is -0.469 e. The van der Waals surface area contributed by atoms with Gasteiger partial charge in [0.2, 0.25) is 0 Å². The van der Waals surface area contributed by atoms with Gasteiger partial charge >= 0.3 is 5.97 Å². The normalized spacial score (nSPS) is 16.7. The number of ketones is 1. The zero-order chi connectivity index (χ0) is 17.4. The van der Waals surface area contributed by atoms with Crippen molar-refractivity contribution in [2.45, 2.75) is 19.4 Å². The van der Waals surface area contributed by atoms with Gasteiger partial charge in [-0.15, -0.1) is 0 Å². The molecule has 4 rings (SSSR count). The van der Waals surface area contributed by atoms with Crippen molar-refractivity contribution in [3.63, 3.8) is 0 Å². The van der Waals surface area contributed by atoms with Gasteiger partial charge in [0.25, 0.3) is 0 Å². The largest absolute Gasteiger partial charge is 0.469 e. The van der Waals surface area contributed by atoms with E-state index in [2.05, 4.69) is 16.7 Å². The van der Waals surface area contributed by atoms with Gasteiger partial charge in [0.15, 0.2) is 5.78 Å². The van der Waals surface area contributed by atoms with Crippen LogP contribution in [0.5, 0.6) is 0 Å². The first-order chi connectivity index (χ1) is 12.2. The van der Waals surface area contributed by atoms with Crippen molar-refractivity contribution in [1.82, 2.24) is 4.57 Å². The zero-order valence-electron chi connectivity index (χ0n) is 14.1. The number of para-hydroxylation sites is 1. The predicted molar refractivity (Wildman–Crippen MR) is 95.6 cm³/mol. The molecule has 0 N–H and O–H groups in total. The molecule has 25 heavy (non-hydrogen) atoms. The zero-order valence-corrected chi connectivity index (χ0v) is 14.1. The van der Waals surface area contributed by atoms with Crippen LogP contribution in [0.15, 0.2) is 54.6 Å². The molecule has 0 bridgehead atoms. The van der Waals surface area contributed by atoms with Crippen LogP contribution >= 0.6 is 0 Å². The van der Waals surface area contributed by atoms with Gasteiger partial charge in [0.05, 0.1) is 13.0 Å². The van der Waals surface area contributed by atoms with E-state index in [0.29, 0.717) is 13.0 Å². The number of benzene rings is 2. The molecular weight excluding hydrogens is 314 g/mol. The quantitative estimate of drug-likeness (QED) is 0.688. The van der Waals surface area contributed by atoms with Gasteiger partial charge in [-0.2, -0.15) is 0 Å². The van der Waals surface area contributed by atoms with Crippen LogP contribution in [0.25, 0.3) is 10.9 Å². The molecule has 4 heteroatoms. The van der Waals surface area contributed by atoms with Crippen molar-refractivity contribution < 1.29 is 14.3 Å². The Morgan fingerprint density at radius 2 is 1.80 bits per heavy atom. The summed E-state index contributed by atoms with van der Waals surface area (Å²) in [7, 11) is 1.38. The Morgan fingerprint density at radius 1 is 1.08 bits per heavy atom. The van der Waals surface area contributed by atoms with E-state index in [4.69, 9.17) is 4.74 Å². The standard InChI is InChI=1S/C21H19NO3/c1-25-21(24)15-11-18-20(19(23)12-15)16-9-5-6-10-17(16)22(18)13-14-7-3-2-4-8-14/h2-10,15H,11-13H2,1H3. The number of nitrogens with zero attached hydrogens (tertiary/aromatic N) is 1. The third-order valence-electron chi connectivity index (χ3n) is 4.95. The van der Waals surface area contributed by atoms with E-state index in [9.17, 15) is 9.59 Å². The van der Waals surface area contributed by atoms with Crippen LogP contribution in [0, 0.1) is 5.92 Å². The molecule has 3 aromatic rings. The van der Waals surface area contributed by atoms with E-state index in [1.807, 2.05) is 42.5 Å². The molecule has 0 spiro atoms. The van der Waals surface area contributed by atoms with Crippen LogP contribution in [0.3, 0.4) is 0 Å². The SMILES string of the molecule is COC(=O)C1CC(=O)c2c(n(Cc3ccccc3)c3ccccc23)C1. The minimum atomic E-state index is -0.399. The highest BCUT2D eigenvalue weighted by Crippen LogP contribution is 2.35. The topological polar surface area (TPSA) is 48.3 Å². The van der Waals surface area contributed by atoms with Gasteiger partial charge in [-0.1, -0.05) is 48.5 Å². The fraction of sp³-hybridized carbons (Fsp3) is 0.238. The van der Waals surface area contributed by atoms with Crippen LogP contribution in [0.4, 0.5) is 0 Å². The van der Waals surface area contributed by atoms with Crippen molar-refractivity contribution in [2.24, 2.45) is 5.92 Å². The smallest absolute Gasteiger partial charge is 0.309 e. The van der Waals surface area contributed by atoms with Gasteiger partial charge < -0.3 is 9.30 Å². The van der Waals surface area contributed by atoms with E-state index in [1.54, 1.807) is 0 Å². The third kappa shape index (κ3) is 2.64. The monoisotopic (exact) mass is 333 g/mol. The summed E-state index contributed by atoms with van der Waals surface area (Å²) in [5.74, 6) is -0.681. The lowest BCUT2D eigenvalue weighted by molar-refractivity contribution is -0.145. The second-order valence-corrected chi connectivity index (χ2v) is 6.46. The summed E-state index contributed by atoms with van der Waals surface area (Å²) >= 11 is 0. The van der Waals surface area contributed by atoms with E-state index < -0.39 is 5.92 Å². The first-order valence-corrected chi connectivity index (χ1v) is 8.44. The lowest BCUT2D eigenvalue weighted by atomic mass is 9.86. The first kappa shape index (κ1) is 15.6. The highest BCUT2D eigenvalue weighted by atomic mass is 16.5. The number of fused-ring (bicyclic) bond motifs is 3. The molecule has 1 aromatic heterocycles. The average molecular weight is 333 g/mol. The molecule has 0 fully saturated rings. The molecular formula is C21H19NO3. The maximum absolute atomic E-state index is 12.8. The molecule has 1 heterocycles. The molecule has 0 aliphatic heterocycles. The van der Waals surface area contributed by atoms with E-state index in [-0.39, 0.29) is 18.2 Å². The van der Waals surface area contributed by atoms with Gasteiger partial charge in [0, 0.05) is 41.5 Å². The molecule has 2 aromatic carbocycles. The Labute approximate surface area is 146 Å². The first-order valence-electron chi connectivity index (χ1n) is 8.44. The highest BCUT2D eigenvalue weighted by molar-refractivity contribution is 6.11. The highest BCUT2D eigenvalue weighted by Gasteiger charge is 2.34. The number of rotatable bonds is 3. The lowest BCUT2D eigenvalue weighted by Crippen LogP contribution is -2.28. The molecule has 0 radical (unpaired) electrons. The summed E-state index contributed by atoms with van der Waals surface area (Å²) in [4.78, 5) is 24.8. The van der Waals surface area contributed by atoms with Crippen LogP contribution in [0.1, 0.15) is 28.0 Å². The lowest BCUT2D eigenvalue weighted by Gasteiger charge is -2.22. The molecule has 1 aliphatic carbocycles. The summed E-state index contributed by atoms with van der Waals surface area (Å²) in [6.45, 7) is 0.678. The number of esters is 1. The minimum absolute atomic E-state index is 0.0275. The van der Waals surface area contributed by atoms with Gasteiger partial charge in [-0.25, -0.2) is 0 Å². The van der Waals surface area contributed by atoms with E-state index >= 15 is 0 Å². The molecule has 126 valence electrons. The molecule has 1 unspecified atom stereocenters. The Bertz CT molecular complexity index is 956. The van der Waals surface area contributed by atoms with Crippen molar-refractivity contribution >= 4 is 22.7 Å². The molecule has 4 nitrogen and oxygen atoms in total. The second-order valence-electron chi connectivity index (χ2n) is 6.46. The number of methoxy groups -OCH3 is 1. The Morgan fingerprint density at radius 3 is 2.56 bits per heavy atom. The summed E-state index contributed by atoms with van der Waals surface area (Å²) in [6.07, 6.45) is 0.758. The van der Waals surface area contributed by atoms with E-state index in [1.165, 1.54) is 12.7 Å². The molecule has 1 atom stereocenters. The maximum Gasteiger partial charge on any atom is 0.309 e. The van der Waals surface area contributed by atoms with Gasteiger partial charge in [0.1, 0.15) is 0 Å². The Balaban J connectivity index is 1.88. The number of carbonyl (C=O) groups is 2. The number of carbonyl (C=O) groups excluding carboxylic acids is 2. The fourth-order valence-corrected chi connectivity index (χ4v) is 3.79. The van der Waals surface area contributed by atoms with Crippen LogP contribution in [-0.2, 0) is 22.5 Å². The van der Waals surface area contributed by atoms with Crippen molar-refractivity contribution in [2.75, 3.05) is 7.11 Å². The van der Waals surface area contributed by atoms with Crippen molar-refractivity contribution in [1.29, 1.82) is 0 Å². The summed E-state index contributed by atoms with van der Waals surface area (Å²) in [6, 6.07) is 18.1. The van der Waals surface area contributed by atoms with Gasteiger partial charge in [-0.3, -0.25) is 9.59 Å². The second kappa shape index (κ2) is 6.20. The molecule has 0 amide bonds. The number of aromatic nitrogens is 1. The van der Waals surface area contributed by atoms with E-state index in [0.717, 1.165) is 22.2 Å². The van der Waals surface area contributed by atoms with Crippen LogP contribution in [-0.4, -0.2) is 23.4 Å². The fourth-order valence-electron chi connectivity index (χ4n) is 3.79. The predicted octanol–water partition coefficient (Wildman–Crippen LogP) is 3.61. The number of Topliss-reactive ketones (excluding diaryl/α,β-unsaturated/α-hetero) is 1. The summed E-state index contributed by atoms with van der Waals surface area (Å²) < 4.78 is 7.06. The summed E-state index contributed by atoms with van der Waals surface area (Å²) in [5, 5.41) is 0.974. The molecule has 0 saturated heterocycles. The number of ether oxygens (including phenoxy) is 1. The number of hydrogen-bond acceptors (Lipinski definition) is 3. The van der Waals surface area contributed by atoms with Crippen LogP contribution in [0.2, 0.25) is 0 Å². The Hall–Kier alpha value is -2.88. The van der Waals surface area contributed by atoms with Crippen molar-refractivity contribution in [3.8, 4) is 0 Å². The molecule has 0 saturated carbocycles. The summed E-state index contributed by atoms with van der Waals surface area (Å²) in [5.41, 5.74) is 3.91. The maximum atomic E-state index is 12.8. The molecule has 1 aliphatic rings. The van der Waals surface area contributed by atoms with Gasteiger partial charge in [-0.05, 0) is 11.6 Å². The number of hydrogen-bond donors (Lipinski definition) is 0. The van der Waals surface area contributed by atoms with Crippen molar-refractivity contribution in [3.05, 3.63) is 71.4 Å². The Kier molecular flexibility index (Phi) is 3.88.